The van der Waals surface area contributed by atoms with Crippen LogP contribution in [0.15, 0.2) is 24.3 Å². The Labute approximate surface area is 165 Å². The van der Waals surface area contributed by atoms with Crippen LogP contribution < -0.4 is 10.6 Å². The SMILES string of the molecule is CC(C)(C)C(C=Cc1ccc(Cl)cc1Cl)NC(=O)C1(NC=O)CCCC1. The molecule has 1 atom stereocenters. The van der Waals surface area contributed by atoms with Crippen molar-refractivity contribution in [3.8, 4) is 0 Å². The molecule has 4 nitrogen and oxygen atoms in total. The Balaban J connectivity index is 2.21. The predicted molar refractivity (Wildman–Crippen MR) is 107 cm³/mol. The fraction of sp³-hybridized carbons (Fsp3) is 0.500. The maximum atomic E-state index is 12.9. The molecule has 2 rings (SSSR count). The predicted octanol–water partition coefficient (Wildman–Crippen LogP) is 4.60. The van der Waals surface area contributed by atoms with Crippen LogP contribution >= 0.6 is 23.2 Å². The van der Waals surface area contributed by atoms with Crippen LogP contribution in [0.4, 0.5) is 0 Å². The lowest BCUT2D eigenvalue weighted by atomic mass is 9.85. The molecule has 1 saturated carbocycles. The van der Waals surface area contributed by atoms with Crippen molar-refractivity contribution in [2.24, 2.45) is 5.41 Å². The van der Waals surface area contributed by atoms with Crippen molar-refractivity contribution in [2.75, 3.05) is 0 Å². The van der Waals surface area contributed by atoms with Gasteiger partial charge in [-0.1, -0.05) is 75.0 Å². The van der Waals surface area contributed by atoms with Crippen molar-refractivity contribution in [3.63, 3.8) is 0 Å². The first-order valence-corrected chi connectivity index (χ1v) is 9.59. The number of hydrogen-bond acceptors (Lipinski definition) is 2. The van der Waals surface area contributed by atoms with Crippen LogP contribution in [0, 0.1) is 5.41 Å². The summed E-state index contributed by atoms with van der Waals surface area (Å²) in [7, 11) is 0. The average Bonchev–Trinajstić information content (AvgIpc) is 3.02. The maximum absolute atomic E-state index is 12.9. The van der Waals surface area contributed by atoms with Gasteiger partial charge in [-0.25, -0.2) is 0 Å². The number of carbonyl (C=O) groups is 2. The average molecular weight is 397 g/mol. The molecule has 0 aliphatic heterocycles. The first kappa shape index (κ1) is 20.8. The van der Waals surface area contributed by atoms with Crippen molar-refractivity contribution in [2.45, 2.75) is 58.0 Å². The van der Waals surface area contributed by atoms with Crippen molar-refractivity contribution < 1.29 is 9.59 Å². The molecule has 26 heavy (non-hydrogen) atoms. The van der Waals surface area contributed by atoms with Crippen molar-refractivity contribution in [1.29, 1.82) is 0 Å². The van der Waals surface area contributed by atoms with Gasteiger partial charge in [0.1, 0.15) is 5.54 Å². The molecule has 0 aromatic heterocycles. The lowest BCUT2D eigenvalue weighted by Gasteiger charge is -2.34. The molecule has 0 radical (unpaired) electrons. The first-order chi connectivity index (χ1) is 12.2. The van der Waals surface area contributed by atoms with Crippen LogP contribution in [0.25, 0.3) is 6.08 Å². The minimum atomic E-state index is -0.795. The van der Waals surface area contributed by atoms with Crippen molar-refractivity contribution in [3.05, 3.63) is 39.9 Å². The van der Waals surface area contributed by atoms with E-state index in [9.17, 15) is 9.59 Å². The zero-order chi connectivity index (χ0) is 19.4. The molecule has 1 aromatic carbocycles. The monoisotopic (exact) mass is 396 g/mol. The molecule has 0 bridgehead atoms. The molecular formula is C20H26Cl2N2O2. The van der Waals surface area contributed by atoms with Gasteiger partial charge in [0.05, 0.1) is 6.04 Å². The Kier molecular flexibility index (Phi) is 6.75. The number of nitrogens with one attached hydrogen (secondary N) is 2. The third-order valence-electron chi connectivity index (χ3n) is 4.88. The molecule has 6 heteroatoms. The smallest absolute Gasteiger partial charge is 0.246 e. The van der Waals surface area contributed by atoms with Crippen LogP contribution in [-0.4, -0.2) is 23.9 Å². The van der Waals surface area contributed by atoms with Crippen molar-refractivity contribution >= 4 is 41.6 Å². The van der Waals surface area contributed by atoms with Gasteiger partial charge in [0.2, 0.25) is 12.3 Å². The molecule has 0 saturated heterocycles. The second kappa shape index (κ2) is 8.45. The van der Waals surface area contributed by atoms with Gasteiger partial charge >= 0.3 is 0 Å². The van der Waals surface area contributed by atoms with Crippen molar-refractivity contribution in [1.82, 2.24) is 10.6 Å². The van der Waals surface area contributed by atoms with Gasteiger partial charge in [-0.15, -0.1) is 0 Å². The summed E-state index contributed by atoms with van der Waals surface area (Å²) in [6, 6.07) is 5.09. The van der Waals surface area contributed by atoms with E-state index in [1.165, 1.54) is 0 Å². The highest BCUT2D eigenvalue weighted by molar-refractivity contribution is 6.35. The number of halogens is 2. The van der Waals surface area contributed by atoms with E-state index in [1.807, 2.05) is 18.2 Å². The van der Waals surface area contributed by atoms with Gasteiger partial charge in [-0.3, -0.25) is 9.59 Å². The zero-order valence-corrected chi connectivity index (χ0v) is 17.0. The van der Waals surface area contributed by atoms with Gasteiger partial charge in [0.15, 0.2) is 0 Å². The van der Waals surface area contributed by atoms with E-state index < -0.39 is 5.54 Å². The standard InChI is InChI=1S/C20H26Cl2N2O2/c1-19(2,3)17(9-7-14-6-8-15(21)12-16(14)22)24-18(26)20(23-13-25)10-4-5-11-20/h6-9,12-13,17H,4-5,10-11H2,1-3H3,(H,23,25)(H,24,26). The third-order valence-corrected chi connectivity index (χ3v) is 5.44. The molecule has 1 aliphatic rings. The Morgan fingerprint density at radius 3 is 2.42 bits per heavy atom. The van der Waals surface area contributed by atoms with E-state index in [1.54, 1.807) is 12.1 Å². The molecule has 2 N–H and O–H groups in total. The van der Waals surface area contributed by atoms with E-state index >= 15 is 0 Å². The highest BCUT2D eigenvalue weighted by Gasteiger charge is 2.42. The number of amides is 2. The van der Waals surface area contributed by atoms with Crippen LogP contribution in [0.2, 0.25) is 10.0 Å². The number of rotatable bonds is 6. The normalized spacial score (nSPS) is 17.9. The highest BCUT2D eigenvalue weighted by Crippen LogP contribution is 2.31. The molecule has 142 valence electrons. The molecule has 2 amide bonds. The second-order valence-corrected chi connectivity index (χ2v) is 8.74. The van der Waals surface area contributed by atoms with Crippen LogP contribution in [-0.2, 0) is 9.59 Å². The minimum Gasteiger partial charge on any atom is -0.347 e. The molecule has 0 heterocycles. The molecule has 1 aliphatic carbocycles. The quantitative estimate of drug-likeness (QED) is 0.690. The van der Waals surface area contributed by atoms with Gasteiger partial charge in [0.25, 0.3) is 0 Å². The van der Waals surface area contributed by atoms with E-state index in [4.69, 9.17) is 23.2 Å². The summed E-state index contributed by atoms with van der Waals surface area (Å²) >= 11 is 12.2. The molecular weight excluding hydrogens is 371 g/mol. The van der Waals surface area contributed by atoms with Gasteiger partial charge in [-0.2, -0.15) is 0 Å². The van der Waals surface area contributed by atoms with Crippen LogP contribution in [0.5, 0.6) is 0 Å². The Morgan fingerprint density at radius 2 is 1.88 bits per heavy atom. The summed E-state index contributed by atoms with van der Waals surface area (Å²) in [4.78, 5) is 23.9. The summed E-state index contributed by atoms with van der Waals surface area (Å²) in [6.07, 6.45) is 7.66. The second-order valence-electron chi connectivity index (χ2n) is 7.89. The van der Waals surface area contributed by atoms with E-state index in [-0.39, 0.29) is 17.4 Å². The molecule has 1 unspecified atom stereocenters. The Hall–Kier alpha value is -1.52. The van der Waals surface area contributed by atoms with Gasteiger partial charge < -0.3 is 10.6 Å². The highest BCUT2D eigenvalue weighted by atomic mass is 35.5. The fourth-order valence-corrected chi connectivity index (χ4v) is 3.67. The molecule has 0 spiro atoms. The lowest BCUT2D eigenvalue weighted by molar-refractivity contribution is -0.131. The number of carbonyl (C=O) groups excluding carboxylic acids is 2. The summed E-state index contributed by atoms with van der Waals surface area (Å²) in [5.74, 6) is -0.131. The van der Waals surface area contributed by atoms with E-state index in [2.05, 4.69) is 31.4 Å². The Morgan fingerprint density at radius 1 is 1.23 bits per heavy atom. The van der Waals surface area contributed by atoms with Crippen LogP contribution in [0.1, 0.15) is 52.0 Å². The third kappa shape index (κ3) is 5.01. The molecule has 1 fully saturated rings. The summed E-state index contributed by atoms with van der Waals surface area (Å²) < 4.78 is 0. The number of hydrogen-bond donors (Lipinski definition) is 2. The lowest BCUT2D eigenvalue weighted by Crippen LogP contribution is -2.58. The van der Waals surface area contributed by atoms with Crippen LogP contribution in [0.3, 0.4) is 0 Å². The summed E-state index contributed by atoms with van der Waals surface area (Å²) in [5, 5.41) is 7.00. The first-order valence-electron chi connectivity index (χ1n) is 8.83. The fourth-order valence-electron chi connectivity index (χ4n) is 3.20. The largest absolute Gasteiger partial charge is 0.347 e. The minimum absolute atomic E-state index is 0.131. The Bertz CT molecular complexity index is 690. The van der Waals surface area contributed by atoms with Gasteiger partial charge in [0, 0.05) is 10.0 Å². The summed E-state index contributed by atoms with van der Waals surface area (Å²) in [5.41, 5.74) is -0.163. The zero-order valence-electron chi connectivity index (χ0n) is 15.4. The number of benzene rings is 1. The maximum Gasteiger partial charge on any atom is 0.246 e. The summed E-state index contributed by atoms with van der Waals surface area (Å²) in [6.45, 7) is 6.17. The van der Waals surface area contributed by atoms with E-state index in [0.29, 0.717) is 29.3 Å². The van der Waals surface area contributed by atoms with Gasteiger partial charge in [-0.05, 0) is 36.0 Å². The molecule has 1 aromatic rings. The van der Waals surface area contributed by atoms with E-state index in [0.717, 1.165) is 18.4 Å². The topological polar surface area (TPSA) is 58.2 Å².